The summed E-state index contributed by atoms with van der Waals surface area (Å²) >= 11 is 0.797. The number of unbranched alkanes of at least 4 members (excludes halogenated alkanes) is 2. The Bertz CT molecular complexity index is 4830. The number of H-pyrrole nitrogens is 2. The molecule has 0 aliphatic carbocycles. The van der Waals surface area contributed by atoms with Gasteiger partial charge in [-0.3, -0.25) is 81.5 Å². The first-order valence-electron chi connectivity index (χ1n) is 43.9. The summed E-state index contributed by atoms with van der Waals surface area (Å²) in [6.07, 6.45) is 1.45. The number of rotatable bonds is 23. The molecule has 0 radical (unpaired) electrons. The summed E-state index contributed by atoms with van der Waals surface area (Å²) in [6.45, 7) is 9.18. The SMILES string of the molecule is CCCC[C@H]1C(=O)N(C)[C@@H](CCCC)C(=O)N[C@@H](CC(C)C)C(=O)N[C@H](C(=O)NCC(N)=O)CSCC(=O)N[C@@H](Cc2ccc(O)cc2)C(=O)N(C)[C@@H](C)C(=O)N[C@@H](CC(N)=O)C(=O)N2CCC[C@H]2C(=O)N[C@@H](CN)C(=O)N[C@@H](CC(C)C)C(=O)N2C[C@H](O)C[C@H]2C(=O)C[C@@H](Cc2c[nH]c3ccccc23)C(=O)N[C@@H](CO)C(=O)N[C@@H](Cc2c[nH]c3ccccc23)C(=O)N1C. The van der Waals surface area contributed by atoms with Crippen molar-refractivity contribution < 1.29 is 96.8 Å². The molecule has 5 heterocycles. The summed E-state index contributed by atoms with van der Waals surface area (Å²) < 4.78 is 0. The van der Waals surface area contributed by atoms with Crippen LogP contribution in [0.15, 0.2) is 85.2 Å². The number of aromatic hydroxyl groups is 1. The number of likely N-dealkylation sites (N-methyl/N-ethyl adjacent to an activating group) is 3. The Morgan fingerprint density at radius 2 is 1.08 bits per heavy atom. The fraction of sp³-hybridized carbons (Fsp3) is 0.562. The van der Waals surface area contributed by atoms with Gasteiger partial charge < -0.3 is 115 Å². The summed E-state index contributed by atoms with van der Waals surface area (Å²) in [5, 5.41) is 57.8. The van der Waals surface area contributed by atoms with Gasteiger partial charge >= 0.3 is 0 Å². The second-order valence-electron chi connectivity index (χ2n) is 34.4. The maximum atomic E-state index is 15.7. The number of nitrogens with one attached hydrogen (secondary N) is 11. The first kappa shape index (κ1) is 102. The average Bonchev–Trinajstić information content (AvgIpc) is 1.64. The van der Waals surface area contributed by atoms with Crippen molar-refractivity contribution in [2.75, 3.05) is 65.4 Å². The predicted molar refractivity (Wildman–Crippen MR) is 478 cm³/mol. The highest BCUT2D eigenvalue weighted by atomic mass is 32.2. The molecule has 3 aliphatic heterocycles. The van der Waals surface area contributed by atoms with Gasteiger partial charge in [-0.15, -0.1) is 11.8 Å². The Morgan fingerprint density at radius 1 is 0.550 bits per heavy atom. The number of ketones is 1. The number of thioether (sulfide) groups is 1. The molecule has 40 heteroatoms. The molecule has 3 aromatic carbocycles. The van der Waals surface area contributed by atoms with Crippen LogP contribution in [0.5, 0.6) is 5.75 Å². The molecule has 2 aromatic heterocycles. The van der Waals surface area contributed by atoms with E-state index in [0.29, 0.717) is 64.2 Å². The van der Waals surface area contributed by atoms with Gasteiger partial charge in [-0.1, -0.05) is 116 Å². The van der Waals surface area contributed by atoms with Crippen LogP contribution in [0.2, 0.25) is 0 Å². The molecule has 0 bridgehead atoms. The van der Waals surface area contributed by atoms with Gasteiger partial charge in [0.1, 0.15) is 78.3 Å². The van der Waals surface area contributed by atoms with E-state index in [9.17, 15) is 63.3 Å². The van der Waals surface area contributed by atoms with Crippen LogP contribution in [-0.4, -0.2) is 300 Å². The lowest BCUT2D eigenvalue weighted by Gasteiger charge is -2.36. The monoisotopic (exact) mass is 1810 g/mol. The Labute approximate surface area is 753 Å². The number of phenols is 1. The van der Waals surface area contributed by atoms with Crippen LogP contribution < -0.4 is 65.1 Å². The van der Waals surface area contributed by atoms with Gasteiger partial charge in [0.05, 0.1) is 37.5 Å². The number of para-hydroxylation sites is 2. The predicted octanol–water partition coefficient (Wildman–Crippen LogP) is -1.06. The normalized spacial score (nSPS) is 25.5. The second-order valence-corrected chi connectivity index (χ2v) is 35.4. The van der Waals surface area contributed by atoms with E-state index in [-0.39, 0.29) is 88.3 Å². The van der Waals surface area contributed by atoms with Crippen molar-refractivity contribution in [2.24, 2.45) is 35.0 Å². The number of phenolic OH excluding ortho intramolecular Hbond substituents is 1. The zero-order valence-electron chi connectivity index (χ0n) is 74.8. The molecule has 0 unspecified atom stereocenters. The van der Waals surface area contributed by atoms with Gasteiger partial charge in [-0.25, -0.2) is 0 Å². The minimum atomic E-state index is -1.83. The Kier molecular flexibility index (Phi) is 38.4. The van der Waals surface area contributed by atoms with Crippen molar-refractivity contribution in [3.05, 3.63) is 102 Å². The smallest absolute Gasteiger partial charge is 0.246 e. The molecule has 5 aromatic rings. The fourth-order valence-corrected chi connectivity index (χ4v) is 17.2. The lowest BCUT2D eigenvalue weighted by atomic mass is 9.90. The van der Waals surface area contributed by atoms with E-state index in [2.05, 4.69) is 57.8 Å². The molecule has 3 aliphatic rings. The minimum absolute atomic E-state index is 0.00386. The lowest BCUT2D eigenvalue weighted by molar-refractivity contribution is -0.149. The molecular formula is C89H127N19O20S. The molecule has 39 nitrogen and oxygen atoms in total. The number of hydrogen-bond donors (Lipinski definition) is 17. The van der Waals surface area contributed by atoms with E-state index in [1.54, 1.807) is 88.6 Å². The number of aromatic nitrogens is 2. The first-order valence-corrected chi connectivity index (χ1v) is 45.1. The third-order valence-electron chi connectivity index (χ3n) is 23.6. The highest BCUT2D eigenvalue weighted by molar-refractivity contribution is 8.00. The standard InChI is InChI=1S/C89H127N19O20S/c1-11-13-24-69-83(122)97-61(32-48(3)4)80(119)103-68(79(118)95-43-75(92)114)46-129-47-76(115)96-63(34-51-27-29-55(110)30-28-51)85(124)104(8)50(7)77(116)98-65(39-74(91)113)87(126)107-31-19-26-70(107)84(123)101-66(40-90)81(120)99-62(33-49(5)6)88(127)108-44-56(111)38-72(108)73(112)37-52(35-53-41-93-59-22-17-15-20-57(53)59)78(117)102-67(45-109)82(121)100-64(36-54-42-94-60-23-18-16-21-58(54)60)86(125)106(10)71(25-14-12-2)89(128)105(69)9/h15-18,20-23,27-30,41-42,48-50,52,56,61-72,93-94,109-111H,11-14,19,24-26,31-40,43-47,90H2,1-10H3,(H2,91,113)(H2,92,114)(H,95,118)(H,96,115)(H,97,122)(H,98,116)(H,99,120)(H,100,121)(H,101,123)(H,102,117)(H,103,119)/t50-,52+,56+,61-,62-,63-,64-,65-,66-,67-,68-,69-,70-,71-,72-/m0/s1. The minimum Gasteiger partial charge on any atom is -0.508 e. The largest absolute Gasteiger partial charge is 0.508 e. The number of aliphatic hydroxyl groups is 2. The Morgan fingerprint density at radius 3 is 1.67 bits per heavy atom. The first-order chi connectivity index (χ1) is 61.3. The number of primary amides is 2. The van der Waals surface area contributed by atoms with Gasteiger partial charge in [0, 0.05) is 112 Å². The van der Waals surface area contributed by atoms with Gasteiger partial charge in [0.15, 0.2) is 5.78 Å². The number of carbonyl (C=O) groups is 17. The van der Waals surface area contributed by atoms with Crippen molar-refractivity contribution in [2.45, 2.75) is 236 Å². The van der Waals surface area contributed by atoms with Crippen LogP contribution in [0.1, 0.15) is 149 Å². The third-order valence-corrected chi connectivity index (χ3v) is 24.6. The highest BCUT2D eigenvalue weighted by Crippen LogP contribution is 2.30. The van der Waals surface area contributed by atoms with Crippen molar-refractivity contribution in [3.8, 4) is 5.75 Å². The average molecular weight is 1820 g/mol. The van der Waals surface area contributed by atoms with Crippen LogP contribution in [-0.2, 0) is 101 Å². The Hall–Kier alpha value is -12.0. The van der Waals surface area contributed by atoms with Crippen molar-refractivity contribution >= 4 is 134 Å². The molecule has 0 spiro atoms. The molecule has 15 atom stereocenters. The van der Waals surface area contributed by atoms with Gasteiger partial charge in [-0.05, 0) is 105 Å². The van der Waals surface area contributed by atoms with Gasteiger partial charge in [-0.2, -0.15) is 0 Å². The molecular weight excluding hydrogens is 1690 g/mol. The second kappa shape index (κ2) is 48.4. The number of nitrogens with two attached hydrogens (primary N) is 3. The number of nitrogens with zero attached hydrogens (tertiary/aromatic N) is 5. The molecule has 16 amide bonds. The molecule has 3 fully saturated rings. The number of carbonyl (C=O) groups excluding carboxylic acids is 17. The zero-order chi connectivity index (χ0) is 94.8. The molecule has 704 valence electrons. The molecule has 129 heavy (non-hydrogen) atoms. The Balaban J connectivity index is 1.18. The van der Waals surface area contributed by atoms with Crippen molar-refractivity contribution in [1.82, 2.24) is 82.3 Å². The van der Waals surface area contributed by atoms with E-state index in [1.807, 2.05) is 13.8 Å². The molecule has 8 rings (SSSR count). The van der Waals surface area contributed by atoms with Gasteiger partial charge in [0.25, 0.3) is 0 Å². The number of hydrogen-bond acceptors (Lipinski definition) is 22. The summed E-state index contributed by atoms with van der Waals surface area (Å²) in [5.74, 6) is -18.4. The van der Waals surface area contributed by atoms with E-state index in [0.717, 1.165) is 26.5 Å². The van der Waals surface area contributed by atoms with E-state index >= 15 is 33.6 Å². The number of fused-ring (bicyclic) bond motifs is 4. The number of amides is 16. The third kappa shape index (κ3) is 28.2. The summed E-state index contributed by atoms with van der Waals surface area (Å²) in [6, 6.07) is 0.275. The maximum Gasteiger partial charge on any atom is 0.246 e. The van der Waals surface area contributed by atoms with Crippen LogP contribution in [0.3, 0.4) is 0 Å². The maximum absolute atomic E-state index is 15.7. The van der Waals surface area contributed by atoms with Gasteiger partial charge in [0.2, 0.25) is 94.5 Å². The summed E-state index contributed by atoms with van der Waals surface area (Å²) in [7, 11) is 3.97. The number of benzene rings is 3. The molecule has 3 saturated heterocycles. The number of aromatic amines is 2. The van der Waals surface area contributed by atoms with Crippen LogP contribution >= 0.6 is 11.8 Å². The van der Waals surface area contributed by atoms with E-state index in [1.165, 1.54) is 62.1 Å². The fourth-order valence-electron chi connectivity index (χ4n) is 16.4. The zero-order valence-corrected chi connectivity index (χ0v) is 75.6. The summed E-state index contributed by atoms with van der Waals surface area (Å²) in [5.41, 5.74) is 20.1. The summed E-state index contributed by atoms with van der Waals surface area (Å²) in [4.78, 5) is 260. The molecule has 0 saturated carbocycles. The lowest BCUT2D eigenvalue weighted by Crippen LogP contribution is -2.61. The number of Topliss-reactive ketones (excluding diaryl/α,β-unsaturated/α-hetero) is 1. The van der Waals surface area contributed by atoms with Crippen LogP contribution in [0.25, 0.3) is 21.8 Å². The highest BCUT2D eigenvalue weighted by Gasteiger charge is 2.47. The number of aliphatic hydroxyl groups excluding tert-OH is 2. The van der Waals surface area contributed by atoms with E-state index < -0.39 is 241 Å². The van der Waals surface area contributed by atoms with Crippen LogP contribution in [0, 0.1) is 17.8 Å². The van der Waals surface area contributed by atoms with Crippen molar-refractivity contribution in [1.29, 1.82) is 0 Å². The molecule has 20 N–H and O–H groups in total. The van der Waals surface area contributed by atoms with Crippen molar-refractivity contribution in [3.63, 3.8) is 0 Å². The van der Waals surface area contributed by atoms with E-state index in [4.69, 9.17) is 17.2 Å². The topological polar surface area (TPSA) is 585 Å². The quantitative estimate of drug-likeness (QED) is 0.0370. The van der Waals surface area contributed by atoms with Crippen LogP contribution in [0.4, 0.5) is 0 Å².